The summed E-state index contributed by atoms with van der Waals surface area (Å²) in [6, 6.07) is 17.3. The van der Waals surface area contributed by atoms with Crippen LogP contribution in [0.4, 0.5) is 18.9 Å². The zero-order chi connectivity index (χ0) is 23.7. The molecule has 5 rings (SSSR count). The smallest absolute Gasteiger partial charge is 0.159 e. The van der Waals surface area contributed by atoms with E-state index in [9.17, 15) is 13.2 Å². The number of halogens is 3. The van der Waals surface area contributed by atoms with Crippen LogP contribution in [0, 0.1) is 17.5 Å². The van der Waals surface area contributed by atoms with Gasteiger partial charge in [0.1, 0.15) is 5.82 Å². The van der Waals surface area contributed by atoms with Crippen LogP contribution in [0.5, 0.6) is 0 Å². The van der Waals surface area contributed by atoms with E-state index >= 15 is 0 Å². The second-order valence-electron chi connectivity index (χ2n) is 9.25. The van der Waals surface area contributed by atoms with Crippen molar-refractivity contribution >= 4 is 23.5 Å². The minimum atomic E-state index is -0.820. The number of hydrogen-bond donors (Lipinski definition) is 0. The number of piperidine rings is 1. The molecule has 6 heteroatoms. The highest BCUT2D eigenvalue weighted by Crippen LogP contribution is 2.48. The zero-order valence-electron chi connectivity index (χ0n) is 19.1. The minimum absolute atomic E-state index is 0.143. The second-order valence-corrected chi connectivity index (χ2v) is 10.4. The van der Waals surface area contributed by atoms with Crippen molar-refractivity contribution in [2.24, 2.45) is 0 Å². The molecular formula is C28H27F3N2S. The molecule has 3 aromatic carbocycles. The Morgan fingerprint density at radius 3 is 2.35 bits per heavy atom. The predicted octanol–water partition coefficient (Wildman–Crippen LogP) is 6.75. The maximum atomic E-state index is 13.4. The maximum Gasteiger partial charge on any atom is 0.159 e. The van der Waals surface area contributed by atoms with Crippen LogP contribution in [-0.2, 0) is 5.41 Å². The van der Waals surface area contributed by atoms with Crippen molar-refractivity contribution in [2.45, 2.75) is 28.0 Å². The molecule has 1 saturated heterocycles. The molecule has 0 radical (unpaired) electrons. The molecule has 1 fully saturated rings. The zero-order valence-corrected chi connectivity index (χ0v) is 19.9. The van der Waals surface area contributed by atoms with Gasteiger partial charge in [-0.05, 0) is 91.7 Å². The van der Waals surface area contributed by atoms with E-state index in [1.807, 2.05) is 24.3 Å². The number of likely N-dealkylation sites (N-methyl/N-ethyl adjacent to an activating group) is 1. The highest BCUT2D eigenvalue weighted by Gasteiger charge is 2.43. The number of fused-ring (bicyclic) bond motifs is 2. The van der Waals surface area contributed by atoms with Gasteiger partial charge < -0.3 is 4.90 Å². The molecule has 2 nitrogen and oxygen atoms in total. The van der Waals surface area contributed by atoms with Crippen molar-refractivity contribution in [1.82, 2.24) is 4.90 Å². The summed E-state index contributed by atoms with van der Waals surface area (Å²) in [7, 11) is 2.16. The van der Waals surface area contributed by atoms with E-state index in [-0.39, 0.29) is 11.2 Å². The lowest BCUT2D eigenvalue weighted by atomic mass is 9.74. The lowest BCUT2D eigenvalue weighted by Gasteiger charge is -2.39. The van der Waals surface area contributed by atoms with Crippen LogP contribution in [0.3, 0.4) is 0 Å². The van der Waals surface area contributed by atoms with E-state index in [0.717, 1.165) is 50.0 Å². The first-order valence-corrected chi connectivity index (χ1v) is 12.4. The van der Waals surface area contributed by atoms with Gasteiger partial charge in [-0.2, -0.15) is 0 Å². The Bertz CT molecular complexity index is 1200. The molecule has 0 amide bonds. The molecule has 0 aromatic heterocycles. The van der Waals surface area contributed by atoms with Gasteiger partial charge in [0.05, 0.1) is 0 Å². The molecule has 176 valence electrons. The summed E-state index contributed by atoms with van der Waals surface area (Å²) in [5.74, 6) is -1.85. The van der Waals surface area contributed by atoms with E-state index in [1.54, 1.807) is 17.8 Å². The van der Waals surface area contributed by atoms with Crippen LogP contribution in [0.1, 0.15) is 24.0 Å². The Labute approximate surface area is 203 Å². The Balaban J connectivity index is 1.25. The van der Waals surface area contributed by atoms with Crippen LogP contribution in [0.2, 0.25) is 0 Å². The Kier molecular flexibility index (Phi) is 6.45. The quantitative estimate of drug-likeness (QED) is 0.399. The fourth-order valence-electron chi connectivity index (χ4n) is 5.14. The largest absolute Gasteiger partial charge is 0.373 e. The first-order chi connectivity index (χ1) is 16.4. The predicted molar refractivity (Wildman–Crippen MR) is 133 cm³/mol. The number of rotatable bonds is 5. The second kappa shape index (κ2) is 9.51. The molecule has 1 spiro atoms. The third-order valence-electron chi connectivity index (χ3n) is 6.97. The van der Waals surface area contributed by atoms with Crippen LogP contribution >= 0.6 is 11.8 Å². The van der Waals surface area contributed by atoms with E-state index in [4.69, 9.17) is 0 Å². The normalized spacial score (nSPS) is 17.6. The Hall–Kier alpha value is -2.70. The molecule has 2 aliphatic heterocycles. The number of likely N-dealkylation sites (tertiary alicyclic amines) is 1. The number of benzene rings is 3. The molecule has 0 bridgehead atoms. The molecule has 34 heavy (non-hydrogen) atoms. The van der Waals surface area contributed by atoms with Crippen molar-refractivity contribution in [3.05, 3.63) is 95.3 Å². The molecule has 0 aliphatic carbocycles. The molecule has 0 unspecified atom stereocenters. The monoisotopic (exact) mass is 480 g/mol. The molecule has 2 heterocycles. The van der Waals surface area contributed by atoms with Crippen molar-refractivity contribution in [2.75, 3.05) is 38.1 Å². The first-order valence-electron chi connectivity index (χ1n) is 11.5. The van der Waals surface area contributed by atoms with Gasteiger partial charge in [-0.25, -0.2) is 13.2 Å². The van der Waals surface area contributed by atoms with E-state index in [0.29, 0.717) is 5.56 Å². The van der Waals surface area contributed by atoms with Crippen molar-refractivity contribution in [3.8, 4) is 0 Å². The summed E-state index contributed by atoms with van der Waals surface area (Å²) in [5.41, 5.74) is 3.53. The van der Waals surface area contributed by atoms with Gasteiger partial charge in [0.2, 0.25) is 0 Å². The fourth-order valence-corrected chi connectivity index (χ4v) is 6.00. The first kappa shape index (κ1) is 23.1. The van der Waals surface area contributed by atoms with Gasteiger partial charge in [0.15, 0.2) is 11.6 Å². The molecule has 0 atom stereocenters. The van der Waals surface area contributed by atoms with Gasteiger partial charge >= 0.3 is 0 Å². The molecule has 0 saturated carbocycles. The lowest BCUT2D eigenvalue weighted by molar-refractivity contribution is 0.181. The third-order valence-corrected chi connectivity index (χ3v) is 7.97. The van der Waals surface area contributed by atoms with E-state index < -0.39 is 11.6 Å². The minimum Gasteiger partial charge on any atom is -0.373 e. The third kappa shape index (κ3) is 4.75. The summed E-state index contributed by atoms with van der Waals surface area (Å²) in [6.45, 7) is 3.79. The molecular weight excluding hydrogens is 453 g/mol. The number of hydrogen-bond acceptors (Lipinski definition) is 3. The lowest BCUT2D eigenvalue weighted by Crippen LogP contribution is -2.44. The topological polar surface area (TPSA) is 6.48 Å². The molecule has 3 aromatic rings. The van der Waals surface area contributed by atoms with Crippen LogP contribution in [-0.4, -0.2) is 38.1 Å². The van der Waals surface area contributed by atoms with Gasteiger partial charge in [-0.1, -0.05) is 30.0 Å². The van der Waals surface area contributed by atoms with Crippen LogP contribution in [0.15, 0.2) is 76.5 Å². The standard InChI is InChI=1S/C28H27F3N2S/c1-32-19-28(24-18-23(9-11-27(24)32)34-22-7-5-21(29)6-8-22)12-15-33(16-13-28)14-2-3-20-4-10-25(30)26(31)17-20/h2-11,17-18H,12-16,19H2,1H3/b3-2+. The van der Waals surface area contributed by atoms with Gasteiger partial charge in [0, 0.05) is 41.0 Å². The van der Waals surface area contributed by atoms with Gasteiger partial charge in [-0.3, -0.25) is 4.90 Å². The highest BCUT2D eigenvalue weighted by molar-refractivity contribution is 7.99. The number of nitrogens with zero attached hydrogens (tertiary/aromatic N) is 2. The van der Waals surface area contributed by atoms with E-state index in [1.165, 1.54) is 34.3 Å². The highest BCUT2D eigenvalue weighted by atomic mass is 32.2. The van der Waals surface area contributed by atoms with Crippen molar-refractivity contribution < 1.29 is 13.2 Å². The average molecular weight is 481 g/mol. The van der Waals surface area contributed by atoms with Crippen LogP contribution in [0.25, 0.3) is 6.08 Å². The molecule has 2 aliphatic rings. The van der Waals surface area contributed by atoms with Crippen molar-refractivity contribution in [3.63, 3.8) is 0 Å². The summed E-state index contributed by atoms with van der Waals surface area (Å²) < 4.78 is 39.8. The average Bonchev–Trinajstić information content (AvgIpc) is 3.10. The van der Waals surface area contributed by atoms with Crippen molar-refractivity contribution in [1.29, 1.82) is 0 Å². The maximum absolute atomic E-state index is 13.4. The summed E-state index contributed by atoms with van der Waals surface area (Å²) in [5, 5.41) is 0. The fraction of sp³-hybridized carbons (Fsp3) is 0.286. The SMILES string of the molecule is CN1CC2(CCN(C/C=C/c3ccc(F)c(F)c3)CC2)c2cc(Sc3ccc(F)cc3)ccc21. The van der Waals surface area contributed by atoms with Gasteiger partial charge in [-0.15, -0.1) is 0 Å². The summed E-state index contributed by atoms with van der Waals surface area (Å²) >= 11 is 1.67. The number of anilines is 1. The summed E-state index contributed by atoms with van der Waals surface area (Å²) in [4.78, 5) is 6.98. The summed E-state index contributed by atoms with van der Waals surface area (Å²) in [6.07, 6.45) is 6.03. The molecule has 0 N–H and O–H groups in total. The Morgan fingerprint density at radius 1 is 0.882 bits per heavy atom. The van der Waals surface area contributed by atoms with E-state index in [2.05, 4.69) is 35.0 Å². The van der Waals surface area contributed by atoms with Crippen LogP contribution < -0.4 is 4.90 Å². The Morgan fingerprint density at radius 2 is 1.62 bits per heavy atom. The van der Waals surface area contributed by atoms with Gasteiger partial charge in [0.25, 0.3) is 0 Å².